The van der Waals surface area contributed by atoms with E-state index in [2.05, 4.69) is 10.3 Å². The lowest BCUT2D eigenvalue weighted by Gasteiger charge is -2.18. The van der Waals surface area contributed by atoms with Gasteiger partial charge in [0.1, 0.15) is 0 Å². The van der Waals surface area contributed by atoms with E-state index in [1.165, 1.54) is 0 Å². The van der Waals surface area contributed by atoms with Gasteiger partial charge in [-0.25, -0.2) is 13.4 Å². The van der Waals surface area contributed by atoms with Gasteiger partial charge in [-0.2, -0.15) is 0 Å². The Morgan fingerprint density at radius 1 is 1.35 bits per heavy atom. The fraction of sp³-hybridized carbons (Fsp3) is 0.357. The molecule has 0 amide bonds. The van der Waals surface area contributed by atoms with E-state index in [1.807, 2.05) is 23.8 Å². The van der Waals surface area contributed by atoms with Crippen LogP contribution in [0.2, 0.25) is 0 Å². The maximum absolute atomic E-state index is 12.1. The third-order valence-electron chi connectivity index (χ3n) is 3.05. The average molecular weight is 293 g/mol. The molecule has 1 unspecified atom stereocenters. The van der Waals surface area contributed by atoms with Gasteiger partial charge in [-0.05, 0) is 19.1 Å². The maximum Gasteiger partial charge on any atom is 0.180 e. The van der Waals surface area contributed by atoms with Crippen LogP contribution in [0.4, 0.5) is 5.69 Å². The Bertz CT molecular complexity index is 651. The molecule has 0 saturated carbocycles. The van der Waals surface area contributed by atoms with Crippen molar-refractivity contribution in [3.8, 4) is 0 Å². The first-order valence-electron chi connectivity index (χ1n) is 6.57. The lowest BCUT2D eigenvalue weighted by molar-refractivity contribution is 0.595. The summed E-state index contributed by atoms with van der Waals surface area (Å²) in [5, 5.41) is 3.26. The van der Waals surface area contributed by atoms with Gasteiger partial charge in [-0.1, -0.05) is 19.1 Å². The van der Waals surface area contributed by atoms with Gasteiger partial charge >= 0.3 is 0 Å². The van der Waals surface area contributed by atoms with Crippen molar-refractivity contribution in [2.45, 2.75) is 31.3 Å². The zero-order valence-corrected chi connectivity index (χ0v) is 12.5. The molecule has 1 atom stereocenters. The zero-order valence-electron chi connectivity index (χ0n) is 11.7. The Morgan fingerprint density at radius 3 is 2.75 bits per heavy atom. The third-order valence-corrected chi connectivity index (χ3v) is 4.83. The Hall–Kier alpha value is -1.82. The molecule has 0 fully saturated rings. The quantitative estimate of drug-likeness (QED) is 0.886. The Labute approximate surface area is 119 Å². The van der Waals surface area contributed by atoms with Gasteiger partial charge in [0.25, 0.3) is 0 Å². The summed E-state index contributed by atoms with van der Waals surface area (Å²) in [6, 6.07) is 7.12. The molecule has 5 nitrogen and oxygen atoms in total. The van der Waals surface area contributed by atoms with Crippen LogP contribution in [0.3, 0.4) is 0 Å². The highest BCUT2D eigenvalue weighted by Gasteiger charge is 2.17. The van der Waals surface area contributed by atoms with Crippen LogP contribution in [0, 0.1) is 0 Å². The topological polar surface area (TPSA) is 64.0 Å². The van der Waals surface area contributed by atoms with Crippen molar-refractivity contribution in [2.24, 2.45) is 0 Å². The molecular weight excluding hydrogens is 274 g/mol. The first-order valence-corrected chi connectivity index (χ1v) is 8.22. The van der Waals surface area contributed by atoms with Crippen molar-refractivity contribution < 1.29 is 8.42 Å². The first kappa shape index (κ1) is 14.6. The molecule has 108 valence electrons. The largest absolute Gasteiger partial charge is 0.380 e. The van der Waals surface area contributed by atoms with E-state index in [0.717, 1.165) is 6.54 Å². The number of rotatable bonds is 6. The van der Waals surface area contributed by atoms with Crippen molar-refractivity contribution in [3.05, 3.63) is 43.0 Å². The molecule has 0 bridgehead atoms. The molecule has 0 aliphatic carbocycles. The molecular formula is C14H19N3O2S. The fourth-order valence-corrected chi connectivity index (χ4v) is 3.09. The van der Waals surface area contributed by atoms with E-state index >= 15 is 0 Å². The summed E-state index contributed by atoms with van der Waals surface area (Å²) in [4.78, 5) is 4.35. The van der Waals surface area contributed by atoms with Gasteiger partial charge in [-0.3, -0.25) is 0 Å². The highest BCUT2D eigenvalue weighted by atomic mass is 32.2. The van der Waals surface area contributed by atoms with Crippen LogP contribution >= 0.6 is 0 Å². The number of sulfone groups is 1. The number of anilines is 1. The van der Waals surface area contributed by atoms with Crippen LogP contribution in [0.1, 0.15) is 13.8 Å². The molecule has 0 aliphatic heterocycles. The van der Waals surface area contributed by atoms with Crippen LogP contribution in [-0.4, -0.2) is 29.8 Å². The average Bonchev–Trinajstić information content (AvgIpc) is 2.92. The summed E-state index contributed by atoms with van der Waals surface area (Å²) < 4.78 is 26.1. The van der Waals surface area contributed by atoms with Gasteiger partial charge in [0.05, 0.1) is 22.7 Å². The molecule has 1 aromatic carbocycles. The van der Waals surface area contributed by atoms with Crippen molar-refractivity contribution >= 4 is 15.5 Å². The lowest BCUT2D eigenvalue weighted by atomic mass is 10.2. The SMILES string of the molecule is CCS(=O)(=O)c1ccccc1NC(C)Cn1ccnc1. The van der Waals surface area contributed by atoms with E-state index in [4.69, 9.17) is 0 Å². The minimum atomic E-state index is -3.22. The number of nitrogens with one attached hydrogen (secondary N) is 1. The summed E-state index contributed by atoms with van der Waals surface area (Å²) in [5.74, 6) is 0.0988. The number of imidazole rings is 1. The summed E-state index contributed by atoms with van der Waals surface area (Å²) >= 11 is 0. The van der Waals surface area contributed by atoms with Crippen molar-refractivity contribution in [1.29, 1.82) is 0 Å². The van der Waals surface area contributed by atoms with E-state index in [0.29, 0.717) is 10.6 Å². The van der Waals surface area contributed by atoms with Crippen LogP contribution in [-0.2, 0) is 16.4 Å². The van der Waals surface area contributed by atoms with Crippen LogP contribution in [0.5, 0.6) is 0 Å². The molecule has 1 heterocycles. The van der Waals surface area contributed by atoms with Crippen molar-refractivity contribution in [3.63, 3.8) is 0 Å². The Morgan fingerprint density at radius 2 is 2.10 bits per heavy atom. The number of benzene rings is 1. The fourth-order valence-electron chi connectivity index (χ4n) is 2.03. The molecule has 0 spiro atoms. The van der Waals surface area contributed by atoms with Gasteiger partial charge in [0, 0.05) is 25.0 Å². The van der Waals surface area contributed by atoms with E-state index < -0.39 is 9.84 Å². The number of para-hydroxylation sites is 1. The second-order valence-corrected chi connectivity index (χ2v) is 6.95. The summed E-state index contributed by atoms with van der Waals surface area (Å²) in [5.41, 5.74) is 0.655. The number of nitrogens with zero attached hydrogens (tertiary/aromatic N) is 2. The minimum absolute atomic E-state index is 0.0948. The summed E-state index contributed by atoms with van der Waals surface area (Å²) in [7, 11) is -3.22. The Balaban J connectivity index is 2.17. The highest BCUT2D eigenvalue weighted by molar-refractivity contribution is 7.91. The van der Waals surface area contributed by atoms with Gasteiger partial charge in [-0.15, -0.1) is 0 Å². The second kappa shape index (κ2) is 6.09. The molecule has 2 aromatic rings. The third kappa shape index (κ3) is 3.39. The molecule has 2 rings (SSSR count). The molecule has 6 heteroatoms. The van der Waals surface area contributed by atoms with E-state index in [1.54, 1.807) is 37.6 Å². The summed E-state index contributed by atoms with van der Waals surface area (Å²) in [6.07, 6.45) is 5.35. The second-order valence-electron chi connectivity index (χ2n) is 4.70. The number of aromatic nitrogens is 2. The highest BCUT2D eigenvalue weighted by Crippen LogP contribution is 2.22. The maximum atomic E-state index is 12.1. The smallest absolute Gasteiger partial charge is 0.180 e. The summed E-state index contributed by atoms with van der Waals surface area (Å²) in [6.45, 7) is 4.39. The van der Waals surface area contributed by atoms with Gasteiger partial charge < -0.3 is 9.88 Å². The van der Waals surface area contributed by atoms with Crippen LogP contribution in [0.15, 0.2) is 47.9 Å². The zero-order chi connectivity index (χ0) is 14.6. The number of hydrogen-bond donors (Lipinski definition) is 1. The molecule has 1 aromatic heterocycles. The molecule has 0 saturated heterocycles. The van der Waals surface area contributed by atoms with E-state index in [9.17, 15) is 8.42 Å². The predicted octanol–water partition coefficient (Wildman–Crippen LogP) is 2.18. The lowest BCUT2D eigenvalue weighted by Crippen LogP contribution is -2.22. The van der Waals surface area contributed by atoms with Gasteiger partial charge in [0.2, 0.25) is 0 Å². The molecule has 0 radical (unpaired) electrons. The first-order chi connectivity index (χ1) is 9.53. The standard InChI is InChI=1S/C14H19N3O2S/c1-3-20(18,19)14-7-5-4-6-13(14)16-12(2)10-17-9-8-15-11-17/h4-9,11-12,16H,3,10H2,1-2H3. The number of hydrogen-bond acceptors (Lipinski definition) is 4. The van der Waals surface area contributed by atoms with Gasteiger partial charge in [0.15, 0.2) is 9.84 Å². The molecule has 20 heavy (non-hydrogen) atoms. The monoisotopic (exact) mass is 293 g/mol. The van der Waals surface area contributed by atoms with Crippen LogP contribution in [0.25, 0.3) is 0 Å². The minimum Gasteiger partial charge on any atom is -0.380 e. The molecule has 0 aliphatic rings. The predicted molar refractivity (Wildman–Crippen MR) is 79.5 cm³/mol. The van der Waals surface area contributed by atoms with Crippen molar-refractivity contribution in [2.75, 3.05) is 11.1 Å². The van der Waals surface area contributed by atoms with Crippen LogP contribution < -0.4 is 5.32 Å². The van der Waals surface area contributed by atoms with E-state index in [-0.39, 0.29) is 11.8 Å². The Kier molecular flexibility index (Phi) is 4.44. The molecule has 1 N–H and O–H groups in total. The normalized spacial score (nSPS) is 13.1. The van der Waals surface area contributed by atoms with Crippen molar-refractivity contribution in [1.82, 2.24) is 9.55 Å².